The quantitative estimate of drug-likeness (QED) is 0.712. The van der Waals surface area contributed by atoms with Crippen LogP contribution in [-0.2, 0) is 11.3 Å². The highest BCUT2D eigenvalue weighted by Crippen LogP contribution is 2.49. The lowest BCUT2D eigenvalue weighted by Crippen LogP contribution is -2.01. The summed E-state index contributed by atoms with van der Waals surface area (Å²) in [6.45, 7) is 0.136. The zero-order valence-corrected chi connectivity index (χ0v) is 12.8. The van der Waals surface area contributed by atoms with Crippen LogP contribution < -0.4 is 4.74 Å². The molecule has 1 fully saturated rings. The second-order valence-electron chi connectivity index (χ2n) is 5.66. The minimum absolute atomic E-state index is 0.136. The van der Waals surface area contributed by atoms with Crippen LogP contribution in [0.25, 0.3) is 0 Å². The Labute approximate surface area is 134 Å². The fourth-order valence-electron chi connectivity index (χ4n) is 2.65. The molecule has 0 radical (unpaired) electrons. The van der Waals surface area contributed by atoms with Crippen molar-refractivity contribution in [3.05, 3.63) is 77.6 Å². The number of ether oxygens (including phenoxy) is 2. The van der Waals surface area contributed by atoms with E-state index in [4.69, 9.17) is 9.47 Å². The van der Waals surface area contributed by atoms with Crippen molar-refractivity contribution < 1.29 is 18.3 Å². The van der Waals surface area contributed by atoms with E-state index in [0.717, 1.165) is 12.0 Å². The van der Waals surface area contributed by atoms with Crippen LogP contribution in [0.4, 0.5) is 8.78 Å². The average Bonchev–Trinajstić information content (AvgIpc) is 3.32. The molecule has 2 unspecified atom stereocenters. The topological polar surface area (TPSA) is 18.5 Å². The molecule has 1 aliphatic rings. The first-order valence-electron chi connectivity index (χ1n) is 7.54. The summed E-state index contributed by atoms with van der Waals surface area (Å²) >= 11 is 0. The van der Waals surface area contributed by atoms with Gasteiger partial charge in [-0.2, -0.15) is 0 Å². The second kappa shape index (κ2) is 6.82. The SMILES string of the molecule is CO/C=C\C1CC1c1cc(F)c(OCc2ccccc2)c(F)c1. The number of hydrogen-bond acceptors (Lipinski definition) is 2. The summed E-state index contributed by atoms with van der Waals surface area (Å²) in [6, 6.07) is 12.0. The molecule has 1 aliphatic carbocycles. The fraction of sp³-hybridized carbons (Fsp3) is 0.263. The van der Waals surface area contributed by atoms with Gasteiger partial charge in [0.2, 0.25) is 0 Å². The predicted molar refractivity (Wildman–Crippen MR) is 84.1 cm³/mol. The average molecular weight is 316 g/mol. The maximum absolute atomic E-state index is 14.2. The Morgan fingerprint density at radius 3 is 2.48 bits per heavy atom. The number of allylic oxidation sites excluding steroid dienone is 1. The van der Waals surface area contributed by atoms with E-state index in [0.29, 0.717) is 5.56 Å². The van der Waals surface area contributed by atoms with Gasteiger partial charge in [-0.1, -0.05) is 30.3 Å². The summed E-state index contributed by atoms with van der Waals surface area (Å²) < 4.78 is 38.5. The summed E-state index contributed by atoms with van der Waals surface area (Å²) in [5.41, 5.74) is 1.53. The van der Waals surface area contributed by atoms with Gasteiger partial charge in [0.05, 0.1) is 13.4 Å². The first kappa shape index (κ1) is 15.5. The molecule has 0 saturated heterocycles. The molecule has 4 heteroatoms. The van der Waals surface area contributed by atoms with E-state index in [1.807, 2.05) is 36.4 Å². The van der Waals surface area contributed by atoms with E-state index >= 15 is 0 Å². The Balaban J connectivity index is 1.70. The minimum atomic E-state index is -0.655. The molecule has 0 heterocycles. The second-order valence-corrected chi connectivity index (χ2v) is 5.66. The predicted octanol–water partition coefficient (Wildman–Crippen LogP) is 4.81. The highest BCUT2D eigenvalue weighted by atomic mass is 19.1. The van der Waals surface area contributed by atoms with Crippen molar-refractivity contribution in [2.75, 3.05) is 7.11 Å². The molecule has 0 aliphatic heterocycles. The highest BCUT2D eigenvalue weighted by Gasteiger charge is 2.37. The molecular formula is C19H18F2O2. The summed E-state index contributed by atoms with van der Waals surface area (Å²) in [6.07, 6.45) is 4.40. The van der Waals surface area contributed by atoms with Gasteiger partial charge < -0.3 is 9.47 Å². The number of halogens is 2. The van der Waals surface area contributed by atoms with E-state index in [1.54, 1.807) is 13.4 Å². The number of benzene rings is 2. The molecule has 1 saturated carbocycles. The standard InChI is InChI=1S/C19H18F2O2/c1-22-8-7-14-9-16(14)15-10-17(20)19(18(21)11-15)23-12-13-5-3-2-4-6-13/h2-8,10-11,14,16H,9,12H2,1H3/b8-7-. The number of rotatable bonds is 6. The summed E-state index contributed by atoms with van der Waals surface area (Å²) in [7, 11) is 1.58. The largest absolute Gasteiger partial charge is 0.505 e. The third kappa shape index (κ3) is 3.70. The molecule has 3 rings (SSSR count). The summed E-state index contributed by atoms with van der Waals surface area (Å²) in [4.78, 5) is 0. The molecule has 2 aromatic rings. The van der Waals surface area contributed by atoms with Crippen LogP contribution >= 0.6 is 0 Å². The van der Waals surface area contributed by atoms with Crippen LogP contribution in [0.3, 0.4) is 0 Å². The lowest BCUT2D eigenvalue weighted by Gasteiger charge is -2.10. The van der Waals surface area contributed by atoms with Crippen LogP contribution in [0.2, 0.25) is 0 Å². The third-order valence-electron chi connectivity index (χ3n) is 3.98. The van der Waals surface area contributed by atoms with Gasteiger partial charge in [0.15, 0.2) is 17.4 Å². The maximum Gasteiger partial charge on any atom is 0.191 e. The van der Waals surface area contributed by atoms with Crippen LogP contribution in [-0.4, -0.2) is 7.11 Å². The van der Waals surface area contributed by atoms with Gasteiger partial charge in [0.25, 0.3) is 0 Å². The molecule has 0 spiro atoms. The van der Waals surface area contributed by atoms with Gasteiger partial charge in [0, 0.05) is 0 Å². The van der Waals surface area contributed by atoms with Crippen molar-refractivity contribution in [2.24, 2.45) is 5.92 Å². The summed E-state index contributed by atoms with van der Waals surface area (Å²) in [5, 5.41) is 0. The first-order chi connectivity index (χ1) is 11.2. The fourth-order valence-corrected chi connectivity index (χ4v) is 2.65. The molecule has 120 valence electrons. The Bertz CT molecular complexity index is 675. The zero-order valence-electron chi connectivity index (χ0n) is 12.8. The molecule has 2 nitrogen and oxygen atoms in total. The van der Waals surface area contributed by atoms with E-state index in [-0.39, 0.29) is 24.2 Å². The molecule has 0 aromatic heterocycles. The Hall–Kier alpha value is -2.36. The van der Waals surface area contributed by atoms with Crippen molar-refractivity contribution >= 4 is 0 Å². The van der Waals surface area contributed by atoms with Gasteiger partial charge in [-0.3, -0.25) is 0 Å². The zero-order chi connectivity index (χ0) is 16.2. The maximum atomic E-state index is 14.2. The van der Waals surface area contributed by atoms with E-state index in [9.17, 15) is 8.78 Å². The van der Waals surface area contributed by atoms with Crippen molar-refractivity contribution in [3.8, 4) is 5.75 Å². The van der Waals surface area contributed by atoms with E-state index in [1.165, 1.54) is 12.1 Å². The number of hydrogen-bond donors (Lipinski definition) is 0. The van der Waals surface area contributed by atoms with Crippen LogP contribution in [0.5, 0.6) is 5.75 Å². The lowest BCUT2D eigenvalue weighted by molar-refractivity contribution is 0.274. The van der Waals surface area contributed by atoms with Crippen LogP contribution in [0.15, 0.2) is 54.8 Å². The molecular weight excluding hydrogens is 298 g/mol. The van der Waals surface area contributed by atoms with E-state index < -0.39 is 11.6 Å². The van der Waals surface area contributed by atoms with Crippen LogP contribution in [0, 0.1) is 17.6 Å². The molecule has 0 amide bonds. The van der Waals surface area contributed by atoms with Gasteiger partial charge in [-0.05, 0) is 47.6 Å². The van der Waals surface area contributed by atoms with Gasteiger partial charge in [0.1, 0.15) is 6.61 Å². The Morgan fingerprint density at radius 2 is 1.83 bits per heavy atom. The normalized spacial score (nSPS) is 19.8. The first-order valence-corrected chi connectivity index (χ1v) is 7.54. The van der Waals surface area contributed by atoms with Crippen molar-refractivity contribution in [1.29, 1.82) is 0 Å². The van der Waals surface area contributed by atoms with Crippen LogP contribution in [0.1, 0.15) is 23.5 Å². The van der Waals surface area contributed by atoms with Gasteiger partial charge >= 0.3 is 0 Å². The van der Waals surface area contributed by atoms with E-state index in [2.05, 4.69) is 0 Å². The molecule has 23 heavy (non-hydrogen) atoms. The monoisotopic (exact) mass is 316 g/mol. The Morgan fingerprint density at radius 1 is 1.13 bits per heavy atom. The minimum Gasteiger partial charge on any atom is -0.505 e. The molecule has 2 atom stereocenters. The Kier molecular flexibility index (Phi) is 4.60. The number of methoxy groups -OCH3 is 1. The molecule has 0 N–H and O–H groups in total. The van der Waals surface area contributed by atoms with Crippen molar-refractivity contribution in [1.82, 2.24) is 0 Å². The smallest absolute Gasteiger partial charge is 0.191 e. The third-order valence-corrected chi connectivity index (χ3v) is 3.98. The molecule has 0 bridgehead atoms. The summed E-state index contributed by atoms with van der Waals surface area (Å²) in [5.74, 6) is -1.20. The van der Waals surface area contributed by atoms with Crippen molar-refractivity contribution in [3.63, 3.8) is 0 Å². The lowest BCUT2D eigenvalue weighted by atomic mass is 10.1. The van der Waals surface area contributed by atoms with Crippen molar-refractivity contribution in [2.45, 2.75) is 18.9 Å². The molecule has 2 aromatic carbocycles. The highest BCUT2D eigenvalue weighted by molar-refractivity contribution is 5.36. The van der Waals surface area contributed by atoms with Gasteiger partial charge in [-0.25, -0.2) is 8.78 Å². The van der Waals surface area contributed by atoms with Gasteiger partial charge in [-0.15, -0.1) is 0 Å².